The van der Waals surface area contributed by atoms with Crippen LogP contribution in [0.1, 0.15) is 25.7 Å². The van der Waals surface area contributed by atoms with Crippen molar-refractivity contribution in [1.29, 1.82) is 0 Å². The molecule has 4 nitrogen and oxygen atoms in total. The number of para-hydroxylation sites is 1. The van der Waals surface area contributed by atoms with Crippen molar-refractivity contribution >= 4 is 11.4 Å². The Morgan fingerprint density at radius 2 is 2.17 bits per heavy atom. The van der Waals surface area contributed by atoms with Crippen LogP contribution in [0.5, 0.6) is 5.75 Å². The van der Waals surface area contributed by atoms with Gasteiger partial charge in [-0.25, -0.2) is 0 Å². The Morgan fingerprint density at radius 1 is 1.39 bits per heavy atom. The zero-order valence-corrected chi connectivity index (χ0v) is 10.9. The maximum absolute atomic E-state index is 9.92. The van der Waals surface area contributed by atoms with Crippen LogP contribution >= 0.6 is 0 Å². The number of hydrogen-bond acceptors (Lipinski definition) is 4. The standard InChI is InChI=1S/C14H22N2O2/c1-18-13-8-4-6-11(14(13)15)16-9-10-5-2-3-7-12(10)17/h4,6,8,10,12,16-17H,2-3,5,7,9,15H2,1H3. The van der Waals surface area contributed by atoms with E-state index in [1.807, 2.05) is 18.2 Å². The number of nitrogen functional groups attached to an aromatic ring is 1. The lowest BCUT2D eigenvalue weighted by molar-refractivity contribution is 0.0763. The Labute approximate surface area is 108 Å². The number of aliphatic hydroxyl groups is 1. The van der Waals surface area contributed by atoms with E-state index in [4.69, 9.17) is 10.5 Å². The van der Waals surface area contributed by atoms with Crippen LogP contribution < -0.4 is 15.8 Å². The summed E-state index contributed by atoms with van der Waals surface area (Å²) in [5, 5.41) is 13.2. The quantitative estimate of drug-likeness (QED) is 0.717. The third-order valence-electron chi connectivity index (χ3n) is 3.71. The molecule has 1 aliphatic rings. The van der Waals surface area contributed by atoms with Gasteiger partial charge in [-0.05, 0) is 25.0 Å². The first-order chi connectivity index (χ1) is 8.72. The molecule has 0 aliphatic heterocycles. The molecule has 0 heterocycles. The van der Waals surface area contributed by atoms with Crippen LogP contribution in [0.2, 0.25) is 0 Å². The molecule has 4 N–H and O–H groups in total. The maximum Gasteiger partial charge on any atom is 0.143 e. The van der Waals surface area contributed by atoms with E-state index >= 15 is 0 Å². The third-order valence-corrected chi connectivity index (χ3v) is 3.71. The van der Waals surface area contributed by atoms with Gasteiger partial charge in [0, 0.05) is 12.5 Å². The number of rotatable bonds is 4. The van der Waals surface area contributed by atoms with Gasteiger partial charge in [0.2, 0.25) is 0 Å². The van der Waals surface area contributed by atoms with Gasteiger partial charge in [0.05, 0.1) is 24.6 Å². The van der Waals surface area contributed by atoms with Gasteiger partial charge in [-0.2, -0.15) is 0 Å². The molecule has 2 rings (SSSR count). The van der Waals surface area contributed by atoms with Crippen molar-refractivity contribution < 1.29 is 9.84 Å². The molecule has 0 saturated heterocycles. The van der Waals surface area contributed by atoms with E-state index in [9.17, 15) is 5.11 Å². The minimum atomic E-state index is -0.182. The van der Waals surface area contributed by atoms with Gasteiger partial charge in [-0.3, -0.25) is 0 Å². The van der Waals surface area contributed by atoms with Crippen LogP contribution in [0, 0.1) is 5.92 Å². The predicted molar refractivity (Wildman–Crippen MR) is 73.9 cm³/mol. The molecule has 2 unspecified atom stereocenters. The summed E-state index contributed by atoms with van der Waals surface area (Å²) in [4.78, 5) is 0. The number of aliphatic hydroxyl groups excluding tert-OH is 1. The van der Waals surface area contributed by atoms with Crippen molar-refractivity contribution in [3.8, 4) is 5.75 Å². The maximum atomic E-state index is 9.92. The third kappa shape index (κ3) is 2.88. The van der Waals surface area contributed by atoms with E-state index in [2.05, 4.69) is 5.32 Å². The van der Waals surface area contributed by atoms with Gasteiger partial charge in [0.25, 0.3) is 0 Å². The highest BCUT2D eigenvalue weighted by atomic mass is 16.5. The van der Waals surface area contributed by atoms with E-state index in [0.717, 1.165) is 31.5 Å². The molecule has 4 heteroatoms. The Balaban J connectivity index is 1.97. The Hall–Kier alpha value is -1.42. The Kier molecular flexibility index (Phi) is 4.31. The lowest BCUT2D eigenvalue weighted by Crippen LogP contribution is -2.30. The first-order valence-corrected chi connectivity index (χ1v) is 6.56. The normalized spacial score (nSPS) is 23.7. The van der Waals surface area contributed by atoms with Crippen LogP contribution in [0.25, 0.3) is 0 Å². The molecule has 100 valence electrons. The lowest BCUT2D eigenvalue weighted by Gasteiger charge is -2.28. The first-order valence-electron chi connectivity index (χ1n) is 6.56. The second-order valence-corrected chi connectivity index (χ2v) is 4.91. The average molecular weight is 250 g/mol. The summed E-state index contributed by atoms with van der Waals surface area (Å²) in [6.45, 7) is 0.762. The van der Waals surface area contributed by atoms with Crippen molar-refractivity contribution in [3.05, 3.63) is 18.2 Å². The highest BCUT2D eigenvalue weighted by Crippen LogP contribution is 2.30. The minimum absolute atomic E-state index is 0.182. The van der Waals surface area contributed by atoms with Crippen molar-refractivity contribution in [2.24, 2.45) is 5.92 Å². The van der Waals surface area contributed by atoms with E-state index in [0.29, 0.717) is 17.4 Å². The van der Waals surface area contributed by atoms with Gasteiger partial charge in [-0.15, -0.1) is 0 Å². The fraction of sp³-hybridized carbons (Fsp3) is 0.571. The van der Waals surface area contributed by atoms with Crippen LogP contribution in [0.4, 0.5) is 11.4 Å². The fourth-order valence-corrected chi connectivity index (χ4v) is 2.54. The molecule has 0 amide bonds. The SMILES string of the molecule is COc1cccc(NCC2CCCCC2O)c1N. The number of hydrogen-bond donors (Lipinski definition) is 3. The van der Waals surface area contributed by atoms with E-state index in [1.54, 1.807) is 7.11 Å². The molecule has 1 aromatic carbocycles. The van der Waals surface area contributed by atoms with Gasteiger partial charge in [0.1, 0.15) is 5.75 Å². The molecule has 0 aromatic heterocycles. The Morgan fingerprint density at radius 3 is 2.89 bits per heavy atom. The summed E-state index contributed by atoms with van der Waals surface area (Å²) in [6, 6.07) is 5.69. The molecule has 2 atom stereocenters. The Bertz CT molecular complexity index is 395. The topological polar surface area (TPSA) is 67.5 Å². The van der Waals surface area contributed by atoms with Gasteiger partial charge in [0.15, 0.2) is 0 Å². The van der Waals surface area contributed by atoms with Gasteiger partial charge >= 0.3 is 0 Å². The van der Waals surface area contributed by atoms with E-state index in [-0.39, 0.29) is 6.10 Å². The average Bonchev–Trinajstić information content (AvgIpc) is 2.39. The second kappa shape index (κ2) is 5.96. The van der Waals surface area contributed by atoms with Crippen LogP contribution in [-0.4, -0.2) is 24.9 Å². The van der Waals surface area contributed by atoms with Crippen molar-refractivity contribution in [3.63, 3.8) is 0 Å². The molecule has 0 bridgehead atoms. The fourth-order valence-electron chi connectivity index (χ4n) is 2.54. The molecule has 1 aromatic rings. The first kappa shape index (κ1) is 13.0. The molecule has 1 fully saturated rings. The summed E-state index contributed by atoms with van der Waals surface area (Å²) in [6.07, 6.45) is 4.16. The number of ether oxygens (including phenoxy) is 1. The molecule has 1 saturated carbocycles. The highest BCUT2D eigenvalue weighted by Gasteiger charge is 2.22. The molecule has 18 heavy (non-hydrogen) atoms. The summed E-state index contributed by atoms with van der Waals surface area (Å²) >= 11 is 0. The molecular weight excluding hydrogens is 228 g/mol. The van der Waals surface area contributed by atoms with Gasteiger partial charge in [-0.1, -0.05) is 18.9 Å². The van der Waals surface area contributed by atoms with Gasteiger partial charge < -0.3 is 20.9 Å². The zero-order valence-electron chi connectivity index (χ0n) is 10.9. The largest absolute Gasteiger partial charge is 0.495 e. The summed E-state index contributed by atoms with van der Waals surface area (Å²) in [5.41, 5.74) is 7.51. The predicted octanol–water partition coefficient (Wildman–Crippen LogP) is 2.24. The van der Waals surface area contributed by atoms with Crippen molar-refractivity contribution in [2.75, 3.05) is 24.7 Å². The van der Waals surface area contributed by atoms with Crippen molar-refractivity contribution in [1.82, 2.24) is 0 Å². The van der Waals surface area contributed by atoms with Crippen LogP contribution in [0.15, 0.2) is 18.2 Å². The van der Waals surface area contributed by atoms with E-state index < -0.39 is 0 Å². The monoisotopic (exact) mass is 250 g/mol. The van der Waals surface area contributed by atoms with Crippen LogP contribution in [0.3, 0.4) is 0 Å². The zero-order chi connectivity index (χ0) is 13.0. The number of anilines is 2. The van der Waals surface area contributed by atoms with Crippen LogP contribution in [-0.2, 0) is 0 Å². The number of methoxy groups -OCH3 is 1. The molecule has 1 aliphatic carbocycles. The molecule has 0 radical (unpaired) electrons. The number of nitrogens with two attached hydrogens (primary N) is 1. The lowest BCUT2D eigenvalue weighted by atomic mass is 9.86. The highest BCUT2D eigenvalue weighted by molar-refractivity contribution is 5.72. The van der Waals surface area contributed by atoms with E-state index in [1.165, 1.54) is 6.42 Å². The second-order valence-electron chi connectivity index (χ2n) is 4.91. The summed E-state index contributed by atoms with van der Waals surface area (Å²) in [5.74, 6) is 1.01. The summed E-state index contributed by atoms with van der Waals surface area (Å²) < 4.78 is 5.18. The molecule has 0 spiro atoms. The molecular formula is C14H22N2O2. The summed E-state index contributed by atoms with van der Waals surface area (Å²) in [7, 11) is 1.61. The number of nitrogens with one attached hydrogen (secondary N) is 1. The minimum Gasteiger partial charge on any atom is -0.495 e. The smallest absolute Gasteiger partial charge is 0.143 e. The van der Waals surface area contributed by atoms with Crippen molar-refractivity contribution in [2.45, 2.75) is 31.8 Å². The number of benzene rings is 1.